The summed E-state index contributed by atoms with van der Waals surface area (Å²) in [5.41, 5.74) is -0.352. The molecule has 0 amide bonds. The van der Waals surface area contributed by atoms with Crippen LogP contribution in [0.4, 0.5) is 11.4 Å². The Morgan fingerprint density at radius 2 is 2.12 bits per heavy atom. The second-order valence-corrected chi connectivity index (χ2v) is 4.80. The Balaban J connectivity index is 3.32. The van der Waals surface area contributed by atoms with E-state index >= 15 is 0 Å². The zero-order valence-corrected chi connectivity index (χ0v) is 10.7. The van der Waals surface area contributed by atoms with Gasteiger partial charge in [0, 0.05) is 7.05 Å². The van der Waals surface area contributed by atoms with Crippen LogP contribution in [-0.4, -0.2) is 29.2 Å². The summed E-state index contributed by atoms with van der Waals surface area (Å²) in [6.07, 6.45) is 0. The number of para-hydroxylation sites is 1. The molecule has 1 rings (SSSR count). The van der Waals surface area contributed by atoms with Crippen molar-refractivity contribution in [3.63, 3.8) is 0 Å². The molecule has 0 radical (unpaired) electrons. The highest BCUT2D eigenvalue weighted by atomic mass is 35.5. The van der Waals surface area contributed by atoms with Gasteiger partial charge in [-0.05, 0) is 26.0 Å². The van der Waals surface area contributed by atoms with Crippen molar-refractivity contribution >= 4 is 23.0 Å². The van der Waals surface area contributed by atoms with E-state index in [-0.39, 0.29) is 17.3 Å². The quantitative estimate of drug-likeness (QED) is 0.665. The molecular weight excluding hydrogens is 244 g/mol. The summed E-state index contributed by atoms with van der Waals surface area (Å²) in [6, 6.07) is 4.74. The Morgan fingerprint density at radius 3 is 2.59 bits per heavy atom. The third kappa shape index (κ3) is 2.68. The van der Waals surface area contributed by atoms with E-state index in [1.54, 1.807) is 37.9 Å². The molecule has 1 N–H and O–H groups in total. The number of nitrogens with zero attached hydrogens (tertiary/aromatic N) is 2. The fraction of sp³-hybridized carbons (Fsp3) is 0.455. The van der Waals surface area contributed by atoms with Crippen molar-refractivity contribution in [3.05, 3.63) is 33.3 Å². The Labute approximate surface area is 105 Å². The maximum atomic E-state index is 11.0. The van der Waals surface area contributed by atoms with Crippen molar-refractivity contribution in [2.45, 2.75) is 19.4 Å². The minimum Gasteiger partial charge on any atom is -0.394 e. The van der Waals surface area contributed by atoms with Gasteiger partial charge in [-0.1, -0.05) is 17.7 Å². The maximum absolute atomic E-state index is 11.0. The molecule has 5 nitrogen and oxygen atoms in total. The molecular formula is C11H15ClN2O3. The first-order chi connectivity index (χ1) is 7.81. The van der Waals surface area contributed by atoms with Crippen LogP contribution in [0.1, 0.15) is 13.8 Å². The van der Waals surface area contributed by atoms with Crippen molar-refractivity contribution in [2.75, 3.05) is 18.6 Å². The number of nitro groups is 1. The first kappa shape index (κ1) is 13.7. The minimum atomic E-state index is -0.602. The molecule has 0 aliphatic rings. The van der Waals surface area contributed by atoms with Crippen LogP contribution in [0.25, 0.3) is 0 Å². The second kappa shape index (κ2) is 4.89. The van der Waals surface area contributed by atoms with E-state index < -0.39 is 10.5 Å². The molecule has 0 atom stereocenters. The number of hydrogen-bond donors (Lipinski definition) is 1. The minimum absolute atomic E-state index is 0.0908. The molecule has 1 aromatic carbocycles. The van der Waals surface area contributed by atoms with Gasteiger partial charge in [-0.15, -0.1) is 0 Å². The molecule has 0 bridgehead atoms. The van der Waals surface area contributed by atoms with Gasteiger partial charge in [-0.25, -0.2) is 0 Å². The van der Waals surface area contributed by atoms with Crippen molar-refractivity contribution in [1.29, 1.82) is 0 Å². The van der Waals surface area contributed by atoms with Crippen LogP contribution >= 0.6 is 11.6 Å². The van der Waals surface area contributed by atoms with Gasteiger partial charge < -0.3 is 10.0 Å². The van der Waals surface area contributed by atoms with Crippen molar-refractivity contribution in [2.24, 2.45) is 0 Å². The monoisotopic (exact) mass is 258 g/mol. The number of likely N-dealkylation sites (N-methyl/N-ethyl adjacent to an activating group) is 1. The average Bonchev–Trinajstić information content (AvgIpc) is 2.27. The van der Waals surface area contributed by atoms with Crippen LogP contribution in [0.2, 0.25) is 5.02 Å². The molecule has 0 saturated heterocycles. The molecule has 94 valence electrons. The summed E-state index contributed by atoms with van der Waals surface area (Å²) in [5, 5.41) is 20.4. The number of aliphatic hydroxyl groups excluding tert-OH is 1. The van der Waals surface area contributed by atoms with Gasteiger partial charge >= 0.3 is 5.69 Å². The van der Waals surface area contributed by atoms with Gasteiger partial charge in [0.25, 0.3) is 0 Å². The first-order valence-corrected chi connectivity index (χ1v) is 5.46. The summed E-state index contributed by atoms with van der Waals surface area (Å²) in [7, 11) is 1.69. The van der Waals surface area contributed by atoms with E-state index in [1.165, 1.54) is 6.07 Å². The molecule has 0 unspecified atom stereocenters. The molecule has 0 aromatic heterocycles. The largest absolute Gasteiger partial charge is 0.394 e. The standard InChI is InChI=1S/C11H15ClN2O3/c1-11(2,7-15)13(3)9-6-4-5-8(12)10(9)14(16)17/h4-6,15H,7H2,1-3H3. The summed E-state index contributed by atoms with van der Waals surface area (Å²) >= 11 is 5.83. The van der Waals surface area contributed by atoms with Gasteiger partial charge in [-0.2, -0.15) is 0 Å². The Hall–Kier alpha value is -1.33. The molecule has 0 aliphatic carbocycles. The highest BCUT2D eigenvalue weighted by Crippen LogP contribution is 2.36. The highest BCUT2D eigenvalue weighted by Gasteiger charge is 2.29. The molecule has 0 heterocycles. The van der Waals surface area contributed by atoms with E-state index in [4.69, 9.17) is 11.6 Å². The predicted molar refractivity (Wildman–Crippen MR) is 67.7 cm³/mol. The predicted octanol–water partition coefficient (Wildman–Crippen LogP) is 2.46. The van der Waals surface area contributed by atoms with Crippen LogP contribution in [0.5, 0.6) is 0 Å². The maximum Gasteiger partial charge on any atom is 0.310 e. The second-order valence-electron chi connectivity index (χ2n) is 4.39. The fourth-order valence-electron chi connectivity index (χ4n) is 1.39. The zero-order valence-electron chi connectivity index (χ0n) is 9.98. The third-order valence-corrected chi connectivity index (χ3v) is 3.11. The average molecular weight is 259 g/mol. The van der Waals surface area contributed by atoms with Gasteiger partial charge in [0.05, 0.1) is 17.1 Å². The van der Waals surface area contributed by atoms with Crippen LogP contribution in [0.15, 0.2) is 18.2 Å². The van der Waals surface area contributed by atoms with Gasteiger partial charge in [0.15, 0.2) is 0 Å². The summed E-state index contributed by atoms with van der Waals surface area (Å²) in [6.45, 7) is 3.46. The van der Waals surface area contributed by atoms with Gasteiger partial charge in [0.2, 0.25) is 0 Å². The van der Waals surface area contributed by atoms with Crippen LogP contribution < -0.4 is 4.90 Å². The number of halogens is 1. The van der Waals surface area contributed by atoms with Crippen LogP contribution in [0, 0.1) is 10.1 Å². The third-order valence-electron chi connectivity index (χ3n) is 2.80. The Morgan fingerprint density at radius 1 is 1.53 bits per heavy atom. The van der Waals surface area contributed by atoms with Gasteiger partial charge in [0.1, 0.15) is 10.7 Å². The van der Waals surface area contributed by atoms with Crippen molar-refractivity contribution in [1.82, 2.24) is 0 Å². The van der Waals surface area contributed by atoms with E-state index in [9.17, 15) is 15.2 Å². The highest BCUT2D eigenvalue weighted by molar-refractivity contribution is 6.33. The number of rotatable bonds is 4. The number of benzene rings is 1. The van der Waals surface area contributed by atoms with Crippen molar-refractivity contribution < 1.29 is 10.0 Å². The first-order valence-electron chi connectivity index (χ1n) is 5.09. The zero-order chi connectivity index (χ0) is 13.2. The van der Waals surface area contributed by atoms with Crippen molar-refractivity contribution in [3.8, 4) is 0 Å². The van der Waals surface area contributed by atoms with Gasteiger partial charge in [-0.3, -0.25) is 10.1 Å². The number of nitro benzene ring substituents is 1. The lowest BCUT2D eigenvalue weighted by Crippen LogP contribution is -2.44. The normalized spacial score (nSPS) is 11.4. The Kier molecular flexibility index (Phi) is 3.95. The van der Waals surface area contributed by atoms with E-state index in [2.05, 4.69) is 0 Å². The lowest BCUT2D eigenvalue weighted by Gasteiger charge is -2.35. The topological polar surface area (TPSA) is 66.6 Å². The summed E-state index contributed by atoms with van der Waals surface area (Å²) in [4.78, 5) is 12.1. The molecule has 0 saturated carbocycles. The molecule has 0 aliphatic heterocycles. The van der Waals surface area contributed by atoms with E-state index in [1.807, 2.05) is 0 Å². The van der Waals surface area contributed by atoms with Crippen LogP contribution in [0.3, 0.4) is 0 Å². The summed E-state index contributed by atoms with van der Waals surface area (Å²) < 4.78 is 0. The molecule has 0 spiro atoms. The Bertz CT molecular complexity index is 435. The molecule has 6 heteroatoms. The number of hydrogen-bond acceptors (Lipinski definition) is 4. The fourth-order valence-corrected chi connectivity index (χ4v) is 1.63. The van der Waals surface area contributed by atoms with Crippen LogP contribution in [-0.2, 0) is 0 Å². The molecule has 0 fully saturated rings. The lowest BCUT2D eigenvalue weighted by atomic mass is 10.0. The number of anilines is 1. The van der Waals surface area contributed by atoms with E-state index in [0.29, 0.717) is 5.69 Å². The smallest absolute Gasteiger partial charge is 0.310 e. The molecule has 1 aromatic rings. The SMILES string of the molecule is CN(c1cccc(Cl)c1[N+](=O)[O-])C(C)(C)CO. The number of aliphatic hydroxyl groups is 1. The van der Waals surface area contributed by atoms with E-state index in [0.717, 1.165) is 0 Å². The lowest BCUT2D eigenvalue weighted by molar-refractivity contribution is -0.384. The summed E-state index contributed by atoms with van der Waals surface area (Å²) in [5.74, 6) is 0. The molecule has 17 heavy (non-hydrogen) atoms.